The summed E-state index contributed by atoms with van der Waals surface area (Å²) in [7, 11) is 0. The Morgan fingerprint density at radius 1 is 1.10 bits per heavy atom. The maximum absolute atomic E-state index is 12.6. The minimum absolute atomic E-state index is 0.0354. The van der Waals surface area contributed by atoms with E-state index in [1.807, 2.05) is 71.0 Å². The Bertz CT molecular complexity index is 1410. The molecule has 0 amide bonds. The van der Waals surface area contributed by atoms with Gasteiger partial charge in [0.05, 0.1) is 29.8 Å². The van der Waals surface area contributed by atoms with Crippen molar-refractivity contribution in [1.82, 2.24) is 4.98 Å². The number of aromatic nitrogens is 1. The van der Waals surface area contributed by atoms with Crippen LogP contribution in [-0.2, 0) is 19.0 Å². The van der Waals surface area contributed by atoms with Crippen molar-refractivity contribution in [3.63, 3.8) is 0 Å². The molecule has 1 aliphatic heterocycles. The van der Waals surface area contributed by atoms with E-state index in [4.69, 9.17) is 23.9 Å². The lowest BCUT2D eigenvalue weighted by Crippen LogP contribution is -2.45. The van der Waals surface area contributed by atoms with Crippen LogP contribution < -0.4 is 4.74 Å². The van der Waals surface area contributed by atoms with Crippen molar-refractivity contribution in [2.45, 2.75) is 89.8 Å². The summed E-state index contributed by atoms with van der Waals surface area (Å²) in [5.74, 6) is -0.0757. The molecule has 2 fully saturated rings. The molecule has 0 radical (unpaired) electrons. The van der Waals surface area contributed by atoms with Crippen LogP contribution in [0, 0.1) is 0 Å². The first-order valence-electron chi connectivity index (χ1n) is 14.5. The van der Waals surface area contributed by atoms with E-state index in [0.717, 1.165) is 46.1 Å². The van der Waals surface area contributed by atoms with E-state index >= 15 is 0 Å². The number of benzene rings is 2. The molecule has 41 heavy (non-hydrogen) atoms. The molecular formula is C34H40FNO5. The van der Waals surface area contributed by atoms with Crippen molar-refractivity contribution >= 4 is 22.9 Å². The summed E-state index contributed by atoms with van der Waals surface area (Å²) in [5, 5.41) is 1.06. The van der Waals surface area contributed by atoms with Gasteiger partial charge in [0.15, 0.2) is 5.79 Å². The number of hydrogen-bond acceptors (Lipinski definition) is 6. The van der Waals surface area contributed by atoms with Crippen LogP contribution in [0.5, 0.6) is 5.75 Å². The molecule has 3 aromatic rings. The fourth-order valence-corrected chi connectivity index (χ4v) is 5.43. The number of ether oxygens (including phenoxy) is 4. The quantitative estimate of drug-likeness (QED) is 0.249. The molecular weight excluding hydrogens is 521 g/mol. The first kappa shape index (κ1) is 29.2. The zero-order chi connectivity index (χ0) is 29.2. The number of rotatable bonds is 9. The molecule has 2 heterocycles. The van der Waals surface area contributed by atoms with Crippen LogP contribution in [-0.4, -0.2) is 47.8 Å². The summed E-state index contributed by atoms with van der Waals surface area (Å²) in [5.41, 5.74) is 4.70. The van der Waals surface area contributed by atoms with Crippen molar-refractivity contribution in [3.8, 4) is 16.9 Å². The average molecular weight is 562 g/mol. The van der Waals surface area contributed by atoms with Gasteiger partial charge in [-0.2, -0.15) is 0 Å². The number of fused-ring (bicyclic) bond motifs is 1. The number of nitrogens with zero attached hydrogens (tertiary/aromatic N) is 1. The van der Waals surface area contributed by atoms with Crippen LogP contribution in [0.25, 0.3) is 28.1 Å². The minimum Gasteiger partial charge on any atom is -0.491 e. The summed E-state index contributed by atoms with van der Waals surface area (Å²) >= 11 is 0. The number of hydrogen-bond donors (Lipinski definition) is 0. The van der Waals surface area contributed by atoms with Gasteiger partial charge in [0.25, 0.3) is 0 Å². The van der Waals surface area contributed by atoms with Gasteiger partial charge in [-0.15, -0.1) is 0 Å². The fourth-order valence-electron chi connectivity index (χ4n) is 5.43. The van der Waals surface area contributed by atoms with Gasteiger partial charge < -0.3 is 18.9 Å². The Kier molecular flexibility index (Phi) is 8.48. The summed E-state index contributed by atoms with van der Waals surface area (Å²) in [6.07, 6.45) is 6.56. The highest BCUT2D eigenvalue weighted by atomic mass is 19.1. The molecule has 7 heteroatoms. The number of esters is 1. The number of carbonyl (C=O) groups is 1. The second-order valence-corrected chi connectivity index (χ2v) is 12.3. The maximum atomic E-state index is 12.6. The molecule has 218 valence electrons. The van der Waals surface area contributed by atoms with Gasteiger partial charge in [-0.1, -0.05) is 42.5 Å². The van der Waals surface area contributed by atoms with Crippen molar-refractivity contribution in [1.29, 1.82) is 0 Å². The molecule has 0 spiro atoms. The van der Waals surface area contributed by atoms with Gasteiger partial charge >= 0.3 is 5.97 Å². The smallest absolute Gasteiger partial charge is 0.308 e. The molecule has 1 saturated heterocycles. The summed E-state index contributed by atoms with van der Waals surface area (Å²) in [6.45, 7) is 8.85. The number of halogens is 1. The molecule has 1 aliphatic carbocycles. The van der Waals surface area contributed by atoms with Crippen LogP contribution in [0.2, 0.25) is 0 Å². The van der Waals surface area contributed by atoms with Crippen molar-refractivity contribution in [2.75, 3.05) is 13.3 Å². The molecule has 2 aliphatic rings. The number of alkyl halides is 1. The predicted octanol–water partition coefficient (Wildman–Crippen LogP) is 7.78. The van der Waals surface area contributed by atoms with Crippen LogP contribution in [0.15, 0.2) is 54.6 Å². The largest absolute Gasteiger partial charge is 0.491 e. The topological polar surface area (TPSA) is 66.9 Å². The second kappa shape index (κ2) is 11.9. The highest BCUT2D eigenvalue weighted by Crippen LogP contribution is 2.45. The normalized spacial score (nSPS) is 20.8. The van der Waals surface area contributed by atoms with E-state index in [1.165, 1.54) is 0 Å². The third-order valence-corrected chi connectivity index (χ3v) is 7.09. The minimum atomic E-state index is -0.848. The molecule has 1 aromatic heterocycles. The van der Waals surface area contributed by atoms with E-state index in [2.05, 4.69) is 24.3 Å². The molecule has 0 N–H and O–H groups in total. The van der Waals surface area contributed by atoms with E-state index in [0.29, 0.717) is 18.1 Å². The molecule has 5 rings (SSSR count). The van der Waals surface area contributed by atoms with Crippen LogP contribution in [0.3, 0.4) is 0 Å². The molecule has 2 atom stereocenters. The van der Waals surface area contributed by atoms with E-state index in [9.17, 15) is 9.18 Å². The lowest BCUT2D eigenvalue weighted by Gasteiger charge is -2.39. The zero-order valence-electron chi connectivity index (χ0n) is 24.6. The third-order valence-electron chi connectivity index (χ3n) is 7.09. The first-order valence-corrected chi connectivity index (χ1v) is 14.5. The maximum Gasteiger partial charge on any atom is 0.308 e. The van der Waals surface area contributed by atoms with Crippen molar-refractivity contribution < 1.29 is 28.1 Å². The highest BCUT2D eigenvalue weighted by molar-refractivity contribution is 5.99. The van der Waals surface area contributed by atoms with Gasteiger partial charge in [0.2, 0.25) is 0 Å². The van der Waals surface area contributed by atoms with E-state index < -0.39 is 18.1 Å². The Morgan fingerprint density at radius 3 is 2.51 bits per heavy atom. The van der Waals surface area contributed by atoms with Gasteiger partial charge in [-0.05, 0) is 71.2 Å². The third kappa shape index (κ3) is 7.52. The fraction of sp³-hybridized carbons (Fsp3) is 0.471. The van der Waals surface area contributed by atoms with E-state index in [-0.39, 0.29) is 31.2 Å². The van der Waals surface area contributed by atoms with Gasteiger partial charge in [-0.3, -0.25) is 9.78 Å². The van der Waals surface area contributed by atoms with Gasteiger partial charge in [-0.25, -0.2) is 4.39 Å². The van der Waals surface area contributed by atoms with Crippen LogP contribution in [0.1, 0.15) is 77.5 Å². The SMILES string of the molecule is CC(C)(C)OC(=O)C[C@H]1C[C@@H](/C=C/c2c(C3CC3)nc3ccccc3c2-c2ccc(OCCF)cc2)OC(C)(C)O1. The van der Waals surface area contributed by atoms with Gasteiger partial charge in [0, 0.05) is 28.9 Å². The van der Waals surface area contributed by atoms with Crippen LogP contribution >= 0.6 is 0 Å². The summed E-state index contributed by atoms with van der Waals surface area (Å²) in [4.78, 5) is 17.7. The zero-order valence-corrected chi connectivity index (χ0v) is 24.6. The lowest BCUT2D eigenvalue weighted by molar-refractivity contribution is -0.290. The average Bonchev–Trinajstić information content (AvgIpc) is 3.74. The molecule has 0 bridgehead atoms. The molecule has 1 saturated carbocycles. The Balaban J connectivity index is 1.49. The predicted molar refractivity (Wildman–Crippen MR) is 159 cm³/mol. The Hall–Kier alpha value is -3.29. The van der Waals surface area contributed by atoms with Crippen molar-refractivity contribution in [3.05, 3.63) is 65.9 Å². The summed E-state index contributed by atoms with van der Waals surface area (Å²) < 4.78 is 36.0. The Morgan fingerprint density at radius 2 is 1.83 bits per heavy atom. The number of para-hydroxylation sites is 1. The standard InChI is InChI=1S/C34H40FNO5/c1-33(2,3)41-30(37)21-26-20-25(39-34(4,5)40-26)16-17-28-31(22-12-14-24(15-13-22)38-19-18-35)27-8-6-7-9-29(27)36-32(28)23-10-11-23/h6-9,12-17,23,25-26H,10-11,18-21H2,1-5H3/b17-16+/t25-,26-/m1/s1. The Labute approximate surface area is 241 Å². The molecule has 2 aromatic carbocycles. The lowest BCUT2D eigenvalue weighted by atomic mass is 9.92. The van der Waals surface area contributed by atoms with Crippen LogP contribution in [0.4, 0.5) is 4.39 Å². The van der Waals surface area contributed by atoms with E-state index in [1.54, 1.807) is 0 Å². The highest BCUT2D eigenvalue weighted by Gasteiger charge is 2.36. The molecule has 6 nitrogen and oxygen atoms in total. The van der Waals surface area contributed by atoms with Crippen molar-refractivity contribution in [2.24, 2.45) is 0 Å². The number of pyridine rings is 1. The molecule has 0 unspecified atom stereocenters. The second-order valence-electron chi connectivity index (χ2n) is 12.3. The first-order chi connectivity index (χ1) is 19.5. The monoisotopic (exact) mass is 561 g/mol. The summed E-state index contributed by atoms with van der Waals surface area (Å²) in [6, 6.07) is 16.0. The van der Waals surface area contributed by atoms with Gasteiger partial charge in [0.1, 0.15) is 24.6 Å². The number of carbonyl (C=O) groups excluding carboxylic acids is 1.